The molecule has 0 amide bonds. The molecule has 0 unspecified atom stereocenters. The fourth-order valence-corrected chi connectivity index (χ4v) is 22.6. The normalized spacial score (nSPS) is 30.9. The van der Waals surface area contributed by atoms with E-state index in [2.05, 4.69) is 137 Å². The van der Waals surface area contributed by atoms with E-state index in [-0.39, 0.29) is 18.8 Å². The van der Waals surface area contributed by atoms with Crippen molar-refractivity contribution in [2.75, 3.05) is 0 Å². The third-order valence-electron chi connectivity index (χ3n) is 17.3. The zero-order chi connectivity index (χ0) is 40.7. The number of rotatable bonds is 12. The Bertz CT molecular complexity index is 2150. The van der Waals surface area contributed by atoms with Gasteiger partial charge in [-0.05, 0) is 187 Å². The van der Waals surface area contributed by atoms with Crippen LogP contribution in [0.3, 0.4) is 0 Å². The first kappa shape index (κ1) is 39.7. The van der Waals surface area contributed by atoms with Crippen LogP contribution in [0.2, 0.25) is 0 Å². The molecule has 2 aromatic heterocycles. The van der Waals surface area contributed by atoms with Crippen LogP contribution in [0.1, 0.15) is 138 Å². The minimum absolute atomic E-state index is 0.174. The molecule has 8 fully saturated rings. The van der Waals surface area contributed by atoms with Gasteiger partial charge in [0.2, 0.25) is 0 Å². The summed E-state index contributed by atoms with van der Waals surface area (Å²) in [6.45, 7) is 10.0. The van der Waals surface area contributed by atoms with Crippen LogP contribution in [0.5, 0.6) is 0 Å². The van der Waals surface area contributed by atoms with Crippen molar-refractivity contribution in [3.05, 3.63) is 155 Å². The molecule has 2 heterocycles. The topological polar surface area (TPSA) is 25.8 Å². The predicted molar refractivity (Wildman–Crippen MR) is 254 cm³/mol. The van der Waals surface area contributed by atoms with Crippen LogP contribution in [0, 0.1) is 35.5 Å². The number of hydrogen-bond acceptors (Lipinski definition) is 2. The van der Waals surface area contributed by atoms with Gasteiger partial charge in [-0.1, -0.05) is 121 Å². The molecule has 310 valence electrons. The molecule has 2 nitrogen and oxygen atoms in total. The minimum atomic E-state index is -0.822. The van der Waals surface area contributed by atoms with Crippen molar-refractivity contribution in [1.29, 1.82) is 0 Å². The molecule has 5 aromatic rings. The van der Waals surface area contributed by atoms with E-state index >= 15 is 0 Å². The zero-order valence-corrected chi connectivity index (χ0v) is 38.5. The van der Waals surface area contributed by atoms with E-state index in [4.69, 9.17) is 9.97 Å². The lowest BCUT2D eigenvalue weighted by Crippen LogP contribution is -2.56. The summed E-state index contributed by atoms with van der Waals surface area (Å²) in [5.41, 5.74) is 11.1. The first-order chi connectivity index (χ1) is 29.1. The Hall–Kier alpha value is -3.18. The van der Waals surface area contributed by atoms with Crippen LogP contribution >= 0.6 is 15.8 Å². The monoisotopic (exact) mass is 828 g/mol. The smallest absolute Gasteiger partial charge is 0.0695 e. The van der Waals surface area contributed by atoms with E-state index in [1.54, 1.807) is 49.7 Å². The summed E-state index contributed by atoms with van der Waals surface area (Å²) < 4.78 is 0. The Morgan fingerprint density at radius 3 is 1.17 bits per heavy atom. The fraction of sp³-hybridized carbons (Fsp3) is 0.500. The molecular weight excluding hydrogens is 763 g/mol. The van der Waals surface area contributed by atoms with E-state index in [0.29, 0.717) is 10.3 Å². The summed E-state index contributed by atoms with van der Waals surface area (Å²) in [4.78, 5) is 10.2. The maximum atomic E-state index is 5.10. The van der Waals surface area contributed by atoms with Crippen LogP contribution in [-0.2, 0) is 23.2 Å². The first-order valence-corrected chi connectivity index (χ1v) is 26.8. The molecule has 8 bridgehead atoms. The van der Waals surface area contributed by atoms with Crippen molar-refractivity contribution < 1.29 is 0 Å². The molecule has 8 aliphatic carbocycles. The lowest BCUT2D eigenvalue weighted by atomic mass is 9.55. The highest BCUT2D eigenvalue weighted by Gasteiger charge is 2.62. The van der Waals surface area contributed by atoms with Crippen molar-refractivity contribution in [2.45, 2.75) is 138 Å². The van der Waals surface area contributed by atoms with Crippen LogP contribution in [0.4, 0.5) is 0 Å². The van der Waals surface area contributed by atoms with Crippen molar-refractivity contribution in [1.82, 2.24) is 9.97 Å². The molecule has 4 heteroatoms. The molecule has 13 rings (SSSR count). The Kier molecular flexibility index (Phi) is 10.1. The van der Waals surface area contributed by atoms with Crippen LogP contribution in [-0.4, -0.2) is 20.3 Å². The quantitative estimate of drug-likeness (QED) is 0.117. The highest BCUT2D eigenvalue weighted by Crippen LogP contribution is 2.80. The van der Waals surface area contributed by atoms with E-state index < -0.39 is 7.92 Å². The number of benzene rings is 3. The van der Waals surface area contributed by atoms with Gasteiger partial charge in [-0.15, -0.1) is 0 Å². The molecule has 0 atom stereocenters. The molecule has 0 saturated heterocycles. The molecule has 0 N–H and O–H groups in total. The molecule has 0 aliphatic heterocycles. The summed E-state index contributed by atoms with van der Waals surface area (Å²) in [7, 11) is -1.06. The third-order valence-corrected chi connectivity index (χ3v) is 23.7. The summed E-state index contributed by atoms with van der Waals surface area (Å²) in [6, 6.07) is 41.5. The van der Waals surface area contributed by atoms with Gasteiger partial charge in [0.25, 0.3) is 0 Å². The van der Waals surface area contributed by atoms with Crippen LogP contribution < -0.4 is 10.9 Å². The molecule has 8 aliphatic rings. The molecule has 60 heavy (non-hydrogen) atoms. The Balaban J connectivity index is 1.14. The number of aromatic nitrogens is 2. The van der Waals surface area contributed by atoms with Gasteiger partial charge in [-0.2, -0.15) is 0 Å². The van der Waals surface area contributed by atoms with Crippen LogP contribution in [0.15, 0.2) is 122 Å². The fourth-order valence-electron chi connectivity index (χ4n) is 15.3. The summed E-state index contributed by atoms with van der Waals surface area (Å²) in [5, 5.41) is 1.13. The number of pyridine rings is 2. The van der Waals surface area contributed by atoms with Crippen molar-refractivity contribution in [2.24, 2.45) is 35.5 Å². The van der Waals surface area contributed by atoms with Gasteiger partial charge in [0.05, 0.1) is 10.9 Å². The van der Waals surface area contributed by atoms with Gasteiger partial charge in [0.1, 0.15) is 0 Å². The van der Waals surface area contributed by atoms with Gasteiger partial charge < -0.3 is 0 Å². The number of nitrogens with zero attached hydrogens (tertiary/aromatic N) is 2. The average molecular weight is 829 g/mol. The van der Waals surface area contributed by atoms with E-state index in [1.165, 1.54) is 77.8 Å². The standard InChI is InChI=1S/C56H66N2P2/c1-53(2,47-15-7-5-8-16-47)49-29-45(37-59(51-19-11-13-21-57-51)52-20-12-14-22-58-52)46(30-50(49)54(3,4)48-17-9-6-10-18-48)38-60(55-31-39-23-40(32-55)25-41(24-39)33-55)56-34-42-26-43(35-56)28-44(27-42)36-56/h5-22,29-30,39-44H,23-28,31-38H2,1-4H3. The summed E-state index contributed by atoms with van der Waals surface area (Å²) in [5.74, 6) is 5.90. The van der Waals surface area contributed by atoms with Crippen molar-refractivity contribution in [3.8, 4) is 0 Å². The van der Waals surface area contributed by atoms with E-state index in [1.807, 2.05) is 12.4 Å². The van der Waals surface area contributed by atoms with E-state index in [9.17, 15) is 0 Å². The second-order valence-corrected chi connectivity index (χ2v) is 27.1. The highest BCUT2D eigenvalue weighted by molar-refractivity contribution is 7.71. The summed E-state index contributed by atoms with van der Waals surface area (Å²) in [6.07, 6.45) is 24.7. The van der Waals surface area contributed by atoms with Gasteiger partial charge in [-0.25, -0.2) is 0 Å². The van der Waals surface area contributed by atoms with Crippen LogP contribution in [0.25, 0.3) is 0 Å². The first-order valence-electron chi connectivity index (χ1n) is 23.7. The molecule has 3 aromatic carbocycles. The highest BCUT2D eigenvalue weighted by atomic mass is 31.1. The second-order valence-electron chi connectivity index (χ2n) is 22.0. The maximum absolute atomic E-state index is 5.10. The van der Waals surface area contributed by atoms with Crippen molar-refractivity contribution >= 4 is 26.7 Å². The van der Waals surface area contributed by atoms with Gasteiger partial charge >= 0.3 is 0 Å². The lowest BCUT2D eigenvalue weighted by molar-refractivity contribution is 0.0184. The Labute approximate surface area is 363 Å². The van der Waals surface area contributed by atoms with Crippen molar-refractivity contribution in [3.63, 3.8) is 0 Å². The van der Waals surface area contributed by atoms with E-state index in [0.717, 1.165) is 41.7 Å². The maximum Gasteiger partial charge on any atom is 0.0695 e. The lowest BCUT2D eigenvalue weighted by Gasteiger charge is -2.67. The number of hydrogen-bond donors (Lipinski definition) is 0. The SMILES string of the molecule is CC(C)(c1ccccc1)c1cc(CP(c2ccccn2)c2ccccn2)c(CP(C23CC4CC(CC(C4)C2)C3)C23CC4CC(CC(C4)C2)C3)cc1C(C)(C)c1ccccc1. The summed E-state index contributed by atoms with van der Waals surface area (Å²) >= 11 is 0. The largest absolute Gasteiger partial charge is 0.256 e. The third kappa shape index (κ3) is 6.98. The molecule has 0 radical (unpaired) electrons. The van der Waals surface area contributed by atoms with Gasteiger partial charge in [0, 0.05) is 37.3 Å². The predicted octanol–water partition coefficient (Wildman–Crippen LogP) is 13.7. The van der Waals surface area contributed by atoms with Gasteiger partial charge in [-0.3, -0.25) is 9.97 Å². The van der Waals surface area contributed by atoms with Gasteiger partial charge in [0.15, 0.2) is 0 Å². The molecular formula is C56H66N2P2. The minimum Gasteiger partial charge on any atom is -0.256 e. The zero-order valence-electron chi connectivity index (χ0n) is 36.7. The average Bonchev–Trinajstić information content (AvgIpc) is 3.25. The Morgan fingerprint density at radius 1 is 0.467 bits per heavy atom. The second kappa shape index (κ2) is 15.3. The Morgan fingerprint density at radius 2 is 0.817 bits per heavy atom. The molecule has 8 saturated carbocycles. The molecule has 0 spiro atoms.